The number of carboxylic acid groups (broad SMARTS) is 1. The molecule has 1 saturated heterocycles. The molecule has 4 heterocycles. The zero-order valence-electron chi connectivity index (χ0n) is 34.4. The summed E-state index contributed by atoms with van der Waals surface area (Å²) in [5, 5.41) is 11.6. The lowest BCUT2D eigenvalue weighted by atomic mass is 9.93. The number of para-hydroxylation sites is 2. The minimum atomic E-state index is -1.37. The number of halogens is 2. The minimum Gasteiger partial charge on any atom is -0.496 e. The first kappa shape index (κ1) is 42.5. The number of likely N-dealkylation sites (N-methyl/N-ethyl adjacent to an activating group) is 1. The molecule has 1 atom stereocenters. The van der Waals surface area contributed by atoms with Crippen molar-refractivity contribution in [1.29, 1.82) is 0 Å². The summed E-state index contributed by atoms with van der Waals surface area (Å²) in [7, 11) is 3.72. The van der Waals surface area contributed by atoms with Gasteiger partial charge in [0.15, 0.2) is 5.82 Å². The minimum absolute atomic E-state index is 0.0526. The van der Waals surface area contributed by atoms with E-state index in [2.05, 4.69) is 26.2 Å². The predicted molar refractivity (Wildman–Crippen MR) is 238 cm³/mol. The van der Waals surface area contributed by atoms with E-state index in [1.165, 1.54) is 12.1 Å². The van der Waals surface area contributed by atoms with Crippen molar-refractivity contribution in [1.82, 2.24) is 29.1 Å². The fourth-order valence-electron chi connectivity index (χ4n) is 7.42. The van der Waals surface area contributed by atoms with Gasteiger partial charge < -0.3 is 29.0 Å². The Morgan fingerprint density at radius 3 is 2.50 bits per heavy atom. The molecular formula is C47H44ClFN6O6S. The topological polar surface area (TPSA) is 132 Å². The second-order valence-corrected chi connectivity index (χ2v) is 16.1. The van der Waals surface area contributed by atoms with E-state index in [9.17, 15) is 14.3 Å². The van der Waals surface area contributed by atoms with Crippen LogP contribution in [0.2, 0.25) is 5.02 Å². The number of carbonyl (C=O) groups is 1. The molecule has 0 bridgehead atoms. The molecule has 0 aliphatic carbocycles. The maximum Gasteiger partial charge on any atom is 0.345 e. The van der Waals surface area contributed by atoms with Crippen LogP contribution >= 0.6 is 23.1 Å². The van der Waals surface area contributed by atoms with Gasteiger partial charge in [-0.05, 0) is 84.7 Å². The van der Waals surface area contributed by atoms with Crippen LogP contribution in [0, 0.1) is 12.7 Å². The number of pyridine rings is 1. The van der Waals surface area contributed by atoms with Crippen molar-refractivity contribution in [2.24, 2.45) is 0 Å². The van der Waals surface area contributed by atoms with Crippen LogP contribution in [0.1, 0.15) is 16.8 Å². The van der Waals surface area contributed by atoms with E-state index in [1.54, 1.807) is 49.8 Å². The van der Waals surface area contributed by atoms with E-state index >= 15 is 0 Å². The first-order chi connectivity index (χ1) is 30.2. The van der Waals surface area contributed by atoms with E-state index in [-0.39, 0.29) is 18.9 Å². The number of hydrogen-bond acceptors (Lipinski definition) is 12. The highest BCUT2D eigenvalue weighted by molar-refractivity contribution is 7.13. The third kappa shape index (κ3) is 9.48. The number of aliphatic carboxylic acids is 1. The number of nitrogens with zero attached hydrogens (tertiary/aromatic N) is 6. The molecule has 4 aromatic carbocycles. The van der Waals surface area contributed by atoms with Gasteiger partial charge in [-0.1, -0.05) is 60.1 Å². The SMILES string of the molecule is COc1ccccc1-c1nccc(COc2ccccc2C[C@@H](Oc2nsc3cnc(-c4cccc(F)c4)c(-c4ccc(OCCN5CCN(C)CC5)c(Cl)c4C)c23)C(=O)O)n1. The molecule has 7 aromatic rings. The Bertz CT molecular complexity index is 2710. The number of hydrogen-bond donors (Lipinski definition) is 1. The monoisotopic (exact) mass is 874 g/mol. The molecular weight excluding hydrogens is 831 g/mol. The summed E-state index contributed by atoms with van der Waals surface area (Å²) < 4.78 is 44.4. The van der Waals surface area contributed by atoms with Crippen LogP contribution in [0.3, 0.4) is 0 Å². The zero-order valence-corrected chi connectivity index (χ0v) is 36.0. The molecule has 0 radical (unpaired) electrons. The van der Waals surface area contributed by atoms with Crippen LogP contribution in [0.25, 0.3) is 43.9 Å². The van der Waals surface area contributed by atoms with Gasteiger partial charge in [-0.15, -0.1) is 0 Å². The van der Waals surface area contributed by atoms with Crippen molar-refractivity contribution >= 4 is 39.2 Å². The number of methoxy groups -OCH3 is 1. The lowest BCUT2D eigenvalue weighted by molar-refractivity contribution is -0.145. The summed E-state index contributed by atoms with van der Waals surface area (Å²) in [5.74, 6) is 0.606. The summed E-state index contributed by atoms with van der Waals surface area (Å²) in [6.45, 7) is 7.20. The molecule has 8 rings (SSSR count). The second-order valence-electron chi connectivity index (χ2n) is 14.9. The lowest BCUT2D eigenvalue weighted by Crippen LogP contribution is -2.45. The fourth-order valence-corrected chi connectivity index (χ4v) is 8.34. The summed E-state index contributed by atoms with van der Waals surface area (Å²) in [4.78, 5) is 31.6. The third-order valence-electron chi connectivity index (χ3n) is 10.8. The molecule has 0 unspecified atom stereocenters. The molecule has 1 N–H and O–H groups in total. The number of ether oxygens (including phenoxy) is 4. The van der Waals surface area contributed by atoms with Crippen molar-refractivity contribution in [3.63, 3.8) is 0 Å². The van der Waals surface area contributed by atoms with Gasteiger partial charge in [0.2, 0.25) is 12.0 Å². The summed E-state index contributed by atoms with van der Waals surface area (Å²) in [6, 6.07) is 26.3. The van der Waals surface area contributed by atoms with Crippen LogP contribution in [0.15, 0.2) is 103 Å². The summed E-state index contributed by atoms with van der Waals surface area (Å²) in [6.07, 6.45) is 1.87. The summed E-state index contributed by atoms with van der Waals surface area (Å²) in [5.41, 5.74) is 4.90. The van der Waals surface area contributed by atoms with E-state index in [1.807, 2.05) is 55.5 Å². The van der Waals surface area contributed by atoms with Crippen LogP contribution in [-0.4, -0.2) is 99.8 Å². The number of rotatable bonds is 16. The molecule has 0 amide bonds. The first-order valence-electron chi connectivity index (χ1n) is 20.1. The number of benzene rings is 4. The molecule has 318 valence electrons. The van der Waals surface area contributed by atoms with E-state index in [0.717, 1.165) is 49.8 Å². The van der Waals surface area contributed by atoms with Gasteiger partial charge in [-0.2, -0.15) is 4.37 Å². The molecule has 1 fully saturated rings. The first-order valence-corrected chi connectivity index (χ1v) is 21.2. The van der Waals surface area contributed by atoms with Crippen molar-refractivity contribution < 1.29 is 33.2 Å². The van der Waals surface area contributed by atoms with Crippen molar-refractivity contribution in [3.8, 4) is 56.9 Å². The van der Waals surface area contributed by atoms with Gasteiger partial charge in [0, 0.05) is 62.7 Å². The Morgan fingerprint density at radius 2 is 1.71 bits per heavy atom. The molecule has 3 aromatic heterocycles. The molecule has 0 spiro atoms. The average molecular weight is 875 g/mol. The highest BCUT2D eigenvalue weighted by Gasteiger charge is 2.28. The van der Waals surface area contributed by atoms with E-state index in [4.69, 9.17) is 40.5 Å². The highest BCUT2D eigenvalue weighted by Crippen LogP contribution is 2.46. The van der Waals surface area contributed by atoms with Gasteiger partial charge in [0.25, 0.3) is 0 Å². The van der Waals surface area contributed by atoms with Crippen molar-refractivity contribution in [2.45, 2.75) is 26.1 Å². The van der Waals surface area contributed by atoms with E-state index < -0.39 is 17.9 Å². The number of fused-ring (bicyclic) bond motifs is 1. The Hall–Kier alpha value is -6.19. The second kappa shape index (κ2) is 19.2. The lowest BCUT2D eigenvalue weighted by Gasteiger charge is -2.32. The highest BCUT2D eigenvalue weighted by atomic mass is 35.5. The Kier molecular flexibility index (Phi) is 13.2. The van der Waals surface area contributed by atoms with Gasteiger partial charge in [0.05, 0.1) is 39.2 Å². The Morgan fingerprint density at radius 1 is 0.919 bits per heavy atom. The summed E-state index contributed by atoms with van der Waals surface area (Å²) >= 11 is 8.17. The molecule has 62 heavy (non-hydrogen) atoms. The molecule has 1 aliphatic rings. The smallest absolute Gasteiger partial charge is 0.345 e. The standard InChI is InChI=1S/C47H44ClFN6O6S/c1-29-34(15-16-38(43(29)48)59-24-23-55-21-19-54(2)20-22-55)41-42-40(27-51-44(41)31-10-8-11-32(49)25-31)62-53-46(42)61-39(47(56)57)26-30-9-4-6-13-36(30)60-28-33-17-18-50-45(52-33)35-12-5-7-14-37(35)58-3/h4-18,25,27,39H,19-24,26,28H2,1-3H3,(H,56,57)/t39-/m1/s1. The molecule has 0 saturated carbocycles. The van der Waals surface area contributed by atoms with E-state index in [0.29, 0.717) is 84.0 Å². The molecule has 1 aliphatic heterocycles. The molecule has 12 nitrogen and oxygen atoms in total. The van der Waals surface area contributed by atoms with Gasteiger partial charge in [-0.3, -0.25) is 9.88 Å². The van der Waals surface area contributed by atoms with Gasteiger partial charge in [0.1, 0.15) is 36.3 Å². The maximum atomic E-state index is 14.8. The normalized spacial score (nSPS) is 13.8. The van der Waals surface area contributed by atoms with Crippen molar-refractivity contribution in [3.05, 3.63) is 131 Å². The maximum absolute atomic E-state index is 14.8. The van der Waals surface area contributed by atoms with Crippen LogP contribution in [-0.2, 0) is 17.8 Å². The molecule has 15 heteroatoms. The quantitative estimate of drug-likeness (QED) is 0.0995. The third-order valence-corrected chi connectivity index (χ3v) is 12.0. The van der Waals surface area contributed by atoms with Crippen LogP contribution < -0.4 is 18.9 Å². The van der Waals surface area contributed by atoms with Gasteiger partial charge >= 0.3 is 5.97 Å². The largest absolute Gasteiger partial charge is 0.496 e. The van der Waals surface area contributed by atoms with Crippen molar-refractivity contribution in [2.75, 3.05) is 53.5 Å². The van der Waals surface area contributed by atoms with Crippen LogP contribution in [0.4, 0.5) is 4.39 Å². The number of piperazine rings is 1. The Balaban J connectivity index is 1.08. The fraction of sp³-hybridized carbons (Fsp3) is 0.255. The zero-order chi connectivity index (χ0) is 43.2. The predicted octanol–water partition coefficient (Wildman–Crippen LogP) is 8.87. The van der Waals surface area contributed by atoms with Crippen LogP contribution in [0.5, 0.6) is 23.1 Å². The average Bonchev–Trinajstić information content (AvgIpc) is 3.70. The van der Waals surface area contributed by atoms with Gasteiger partial charge in [-0.25, -0.2) is 19.2 Å². The number of aromatic nitrogens is 4. The number of carboxylic acids is 1. The Labute approximate surface area is 367 Å².